The van der Waals surface area contributed by atoms with Crippen molar-refractivity contribution in [2.45, 2.75) is 45.6 Å². The van der Waals surface area contributed by atoms with Crippen LogP contribution in [0.15, 0.2) is 48.5 Å². The van der Waals surface area contributed by atoms with Gasteiger partial charge >= 0.3 is 0 Å². The van der Waals surface area contributed by atoms with Gasteiger partial charge in [0.25, 0.3) is 0 Å². The maximum atomic E-state index is 12.7. The van der Waals surface area contributed by atoms with Crippen LogP contribution in [0.1, 0.15) is 43.7 Å². The lowest BCUT2D eigenvalue weighted by atomic mass is 9.99. The number of hydrogen-bond donors (Lipinski definition) is 3. The minimum Gasteiger partial charge on any atom is -0.312 e. The number of hydrogen-bond acceptors (Lipinski definition) is 6. The minimum atomic E-state index is -0.522. The summed E-state index contributed by atoms with van der Waals surface area (Å²) in [5.74, 6) is -0.158. The van der Waals surface area contributed by atoms with E-state index in [1.54, 1.807) is 4.90 Å². The summed E-state index contributed by atoms with van der Waals surface area (Å²) in [6.07, 6.45) is 3.72. The van der Waals surface area contributed by atoms with E-state index in [4.69, 9.17) is 22.4 Å². The first-order chi connectivity index (χ1) is 17.8. The van der Waals surface area contributed by atoms with Gasteiger partial charge in [-0.15, -0.1) is 0 Å². The van der Waals surface area contributed by atoms with E-state index >= 15 is 0 Å². The van der Waals surface area contributed by atoms with Gasteiger partial charge in [-0.05, 0) is 91.8 Å². The molecule has 1 atom stereocenters. The molecular weight excluding hydrogens is 506 g/mol. The Hall–Kier alpha value is -2.68. The van der Waals surface area contributed by atoms with Crippen LogP contribution in [-0.4, -0.2) is 46.6 Å². The van der Waals surface area contributed by atoms with Crippen LogP contribution in [0.5, 0.6) is 0 Å². The maximum Gasteiger partial charge on any atom is 0.231 e. The van der Waals surface area contributed by atoms with Crippen molar-refractivity contribution >= 4 is 51.1 Å². The lowest BCUT2D eigenvalue weighted by Crippen LogP contribution is -2.35. The van der Waals surface area contributed by atoms with Gasteiger partial charge < -0.3 is 10.2 Å². The average Bonchev–Trinajstić information content (AvgIpc) is 3.27. The molecule has 1 unspecified atom stereocenters. The first-order valence-corrected chi connectivity index (χ1v) is 14.0. The molecule has 0 aromatic heterocycles. The van der Waals surface area contributed by atoms with Crippen molar-refractivity contribution in [1.29, 1.82) is 10.8 Å². The number of amidine groups is 1. The highest BCUT2D eigenvalue weighted by Crippen LogP contribution is 2.27. The number of aryl methyl sites for hydroxylation is 1. The van der Waals surface area contributed by atoms with Gasteiger partial charge in [-0.25, -0.2) is 0 Å². The molecule has 0 saturated carbocycles. The normalized spacial score (nSPS) is 18.7. The summed E-state index contributed by atoms with van der Waals surface area (Å²) in [7, 11) is 0. The molecule has 0 radical (unpaired) electrons. The number of rotatable bonds is 7. The fraction of sp³-hybridized carbons (Fsp3) is 0.429. The molecule has 2 aromatic rings. The second kappa shape index (κ2) is 12.7. The summed E-state index contributed by atoms with van der Waals surface area (Å²) < 4.78 is 0. The standard InChI is InChI=1S/C28H34ClN5O2S/c1-19-12-14-33(15-13-19)17-21-4-9-24(10-5-21)34-18-22(16-26(34)35)27(36)32-28(31)37-25(30)11-6-20-2-7-23(29)8-3-20/h2-5,7-10,19,22,30H,6,11-18H2,1H3,(H2,31,32,36). The summed E-state index contributed by atoms with van der Waals surface area (Å²) in [6.45, 7) is 5.77. The van der Waals surface area contributed by atoms with Crippen molar-refractivity contribution in [3.8, 4) is 0 Å². The lowest BCUT2D eigenvalue weighted by Gasteiger charge is -2.30. The minimum absolute atomic E-state index is 0.0894. The number of thioether (sulfide) groups is 1. The Morgan fingerprint density at radius 1 is 1.05 bits per heavy atom. The van der Waals surface area contributed by atoms with Crippen LogP contribution in [0.2, 0.25) is 5.02 Å². The first-order valence-electron chi connectivity index (χ1n) is 12.8. The molecule has 2 aliphatic rings. The number of carbonyl (C=O) groups is 2. The summed E-state index contributed by atoms with van der Waals surface area (Å²) in [5.41, 5.74) is 3.08. The number of anilines is 1. The largest absolute Gasteiger partial charge is 0.312 e. The number of piperidine rings is 1. The SMILES string of the molecule is CC1CCN(Cc2ccc(N3CC(C(=O)NC(=N)SC(=N)CCc4ccc(Cl)cc4)CC3=O)cc2)CC1. The van der Waals surface area contributed by atoms with Crippen LogP contribution in [0, 0.1) is 22.7 Å². The molecule has 2 fully saturated rings. The Balaban J connectivity index is 1.22. The van der Waals surface area contributed by atoms with Crippen molar-refractivity contribution in [3.05, 3.63) is 64.7 Å². The second-order valence-electron chi connectivity index (χ2n) is 10.0. The molecule has 3 N–H and O–H groups in total. The summed E-state index contributed by atoms with van der Waals surface area (Å²) in [4.78, 5) is 29.5. The van der Waals surface area contributed by atoms with Crippen molar-refractivity contribution in [1.82, 2.24) is 10.2 Å². The molecular formula is C28H34ClN5O2S. The number of nitrogens with one attached hydrogen (secondary N) is 3. The third-order valence-corrected chi connectivity index (χ3v) is 8.05. The van der Waals surface area contributed by atoms with Gasteiger partial charge in [0, 0.05) is 30.2 Å². The van der Waals surface area contributed by atoms with E-state index in [-0.39, 0.29) is 23.4 Å². The molecule has 2 amide bonds. The molecule has 196 valence electrons. The van der Waals surface area contributed by atoms with Crippen molar-refractivity contribution in [2.24, 2.45) is 11.8 Å². The molecule has 2 aromatic carbocycles. The van der Waals surface area contributed by atoms with E-state index in [0.717, 1.165) is 48.6 Å². The molecule has 7 nitrogen and oxygen atoms in total. The lowest BCUT2D eigenvalue weighted by molar-refractivity contribution is -0.125. The van der Waals surface area contributed by atoms with E-state index in [0.29, 0.717) is 29.5 Å². The van der Waals surface area contributed by atoms with Crippen molar-refractivity contribution in [2.75, 3.05) is 24.5 Å². The molecule has 0 aliphatic carbocycles. The average molecular weight is 540 g/mol. The second-order valence-corrected chi connectivity index (χ2v) is 11.5. The van der Waals surface area contributed by atoms with Crippen LogP contribution in [-0.2, 0) is 22.6 Å². The van der Waals surface area contributed by atoms with Crippen LogP contribution in [0.4, 0.5) is 5.69 Å². The number of amides is 2. The maximum absolute atomic E-state index is 12.7. The van der Waals surface area contributed by atoms with Gasteiger partial charge in [0.2, 0.25) is 11.8 Å². The fourth-order valence-electron chi connectivity index (χ4n) is 4.72. The van der Waals surface area contributed by atoms with Crippen LogP contribution >= 0.6 is 23.4 Å². The van der Waals surface area contributed by atoms with Gasteiger partial charge in [-0.1, -0.05) is 42.8 Å². The van der Waals surface area contributed by atoms with Gasteiger partial charge in [-0.2, -0.15) is 0 Å². The number of nitrogens with zero attached hydrogens (tertiary/aromatic N) is 2. The third-order valence-electron chi connectivity index (χ3n) is 7.04. The number of benzene rings is 2. The van der Waals surface area contributed by atoms with Crippen molar-refractivity contribution < 1.29 is 9.59 Å². The zero-order valence-corrected chi connectivity index (χ0v) is 22.7. The molecule has 2 heterocycles. The Labute approximate surface area is 228 Å². The Morgan fingerprint density at radius 3 is 2.38 bits per heavy atom. The quantitative estimate of drug-likeness (QED) is 0.327. The summed E-state index contributed by atoms with van der Waals surface area (Å²) in [6, 6.07) is 15.5. The molecule has 2 saturated heterocycles. The predicted molar refractivity (Wildman–Crippen MR) is 152 cm³/mol. The van der Waals surface area contributed by atoms with Crippen LogP contribution in [0.25, 0.3) is 0 Å². The molecule has 4 rings (SSSR count). The van der Waals surface area contributed by atoms with Gasteiger partial charge in [-0.3, -0.25) is 25.3 Å². The third kappa shape index (κ3) is 7.90. The highest BCUT2D eigenvalue weighted by Gasteiger charge is 2.35. The van der Waals surface area contributed by atoms with E-state index in [9.17, 15) is 9.59 Å². The Morgan fingerprint density at radius 2 is 1.70 bits per heavy atom. The highest BCUT2D eigenvalue weighted by atomic mass is 35.5. The van der Waals surface area contributed by atoms with Gasteiger partial charge in [0.05, 0.1) is 11.0 Å². The number of carbonyl (C=O) groups excluding carboxylic acids is 2. The van der Waals surface area contributed by atoms with Crippen molar-refractivity contribution in [3.63, 3.8) is 0 Å². The Bertz CT molecular complexity index is 1130. The fourth-order valence-corrected chi connectivity index (χ4v) is 5.44. The van der Waals surface area contributed by atoms with Crippen LogP contribution in [0.3, 0.4) is 0 Å². The molecule has 37 heavy (non-hydrogen) atoms. The number of likely N-dealkylation sites (tertiary alicyclic amines) is 1. The number of halogens is 1. The molecule has 9 heteroatoms. The van der Waals surface area contributed by atoms with E-state index in [2.05, 4.69) is 29.3 Å². The van der Waals surface area contributed by atoms with Crippen LogP contribution < -0.4 is 10.2 Å². The molecule has 0 bridgehead atoms. The topological polar surface area (TPSA) is 100 Å². The first kappa shape index (κ1) is 27.4. The summed E-state index contributed by atoms with van der Waals surface area (Å²) in [5, 5.41) is 19.7. The predicted octanol–water partition coefficient (Wildman–Crippen LogP) is 5.32. The smallest absolute Gasteiger partial charge is 0.231 e. The van der Waals surface area contributed by atoms with E-state index < -0.39 is 5.92 Å². The Kier molecular flexibility index (Phi) is 9.40. The van der Waals surface area contributed by atoms with Gasteiger partial charge in [0.15, 0.2) is 5.17 Å². The molecule has 2 aliphatic heterocycles. The zero-order valence-electron chi connectivity index (χ0n) is 21.1. The van der Waals surface area contributed by atoms with E-state index in [1.165, 1.54) is 18.4 Å². The zero-order chi connectivity index (χ0) is 26.4. The summed E-state index contributed by atoms with van der Waals surface area (Å²) >= 11 is 6.83. The molecule has 0 spiro atoms. The van der Waals surface area contributed by atoms with Gasteiger partial charge in [0.1, 0.15) is 0 Å². The monoisotopic (exact) mass is 539 g/mol. The van der Waals surface area contributed by atoms with E-state index in [1.807, 2.05) is 36.4 Å². The highest BCUT2D eigenvalue weighted by molar-refractivity contribution is 8.26.